The number of thiocarbonyl (C=S) groups is 1. The van der Waals surface area contributed by atoms with Gasteiger partial charge in [-0.2, -0.15) is 0 Å². The second kappa shape index (κ2) is 8.96. The Hall–Kier alpha value is -2.46. The van der Waals surface area contributed by atoms with Crippen LogP contribution in [0.3, 0.4) is 0 Å². The highest BCUT2D eigenvalue weighted by Crippen LogP contribution is 2.31. The number of benzene rings is 1. The van der Waals surface area contributed by atoms with Crippen molar-refractivity contribution in [3.8, 4) is 17.6 Å². The van der Waals surface area contributed by atoms with E-state index in [9.17, 15) is 4.79 Å². The monoisotopic (exact) mass is 389 g/mol. The summed E-state index contributed by atoms with van der Waals surface area (Å²) in [6, 6.07) is 5.16. The highest BCUT2D eigenvalue weighted by atomic mass is 32.1. The number of ether oxygens (including phenoxy) is 2. The molecule has 3 N–H and O–H groups in total. The van der Waals surface area contributed by atoms with Gasteiger partial charge in [-0.3, -0.25) is 0 Å². The molecule has 7 heteroatoms. The molecule has 1 amide bonds. The number of fused-ring (bicyclic) bond motifs is 1. The van der Waals surface area contributed by atoms with Gasteiger partial charge < -0.3 is 25.4 Å². The quantitative estimate of drug-likeness (QED) is 0.543. The molecule has 146 valence electrons. The average Bonchev–Trinajstić information content (AvgIpc) is 3.02. The Morgan fingerprint density at radius 1 is 1.33 bits per heavy atom. The van der Waals surface area contributed by atoms with Crippen molar-refractivity contribution in [1.82, 2.24) is 10.6 Å². The number of carbonyl (C=O) groups is 1. The second-order valence-electron chi connectivity index (χ2n) is 7.29. The Kier molecular flexibility index (Phi) is 6.92. The standard InChI is InChI=1S/C20H27N3O3S/c1-6-8-15(13(2)21-19(24)26-20(3,4)5)22-18(27)23-16-9-7-10-17-14(16)11-12-25-17/h7,9-10,13,15H,11-12H2,1-5H3,(H,21,24)(H2,22,23,27)/t13-,15?/m0/s1. The largest absolute Gasteiger partial charge is 0.493 e. The fraction of sp³-hybridized carbons (Fsp3) is 0.500. The van der Waals surface area contributed by atoms with Crippen molar-refractivity contribution in [3.63, 3.8) is 0 Å². The van der Waals surface area contributed by atoms with E-state index in [0.717, 1.165) is 23.4 Å². The third-order valence-corrected chi connectivity index (χ3v) is 4.04. The van der Waals surface area contributed by atoms with Crippen LogP contribution in [-0.2, 0) is 11.2 Å². The number of nitrogens with one attached hydrogen (secondary N) is 3. The Labute approximate surface area is 166 Å². The summed E-state index contributed by atoms with van der Waals surface area (Å²) < 4.78 is 10.9. The highest BCUT2D eigenvalue weighted by Gasteiger charge is 2.23. The first kappa shape index (κ1) is 20.8. The lowest BCUT2D eigenvalue weighted by Gasteiger charge is -2.26. The van der Waals surface area contributed by atoms with E-state index in [4.69, 9.17) is 21.7 Å². The number of alkyl carbamates (subject to hydrolysis) is 1. The van der Waals surface area contributed by atoms with E-state index >= 15 is 0 Å². The summed E-state index contributed by atoms with van der Waals surface area (Å²) in [7, 11) is 0. The Morgan fingerprint density at radius 2 is 2.07 bits per heavy atom. The molecule has 0 aliphatic carbocycles. The number of carbonyl (C=O) groups excluding carboxylic acids is 1. The van der Waals surface area contributed by atoms with Crippen LogP contribution in [0.25, 0.3) is 0 Å². The molecular formula is C20H27N3O3S. The van der Waals surface area contributed by atoms with Crippen molar-refractivity contribution in [3.05, 3.63) is 23.8 Å². The molecule has 1 aromatic rings. The normalized spacial score (nSPS) is 14.6. The zero-order valence-corrected chi connectivity index (χ0v) is 17.3. The summed E-state index contributed by atoms with van der Waals surface area (Å²) in [4.78, 5) is 12.0. The molecule has 1 heterocycles. The predicted octanol–water partition coefficient (Wildman–Crippen LogP) is 3.21. The smallest absolute Gasteiger partial charge is 0.407 e. The Bertz CT molecular complexity index is 762. The van der Waals surface area contributed by atoms with Gasteiger partial charge in [0.25, 0.3) is 0 Å². The SMILES string of the molecule is CC#CC(NC(=S)Nc1cccc2c1CCO2)[C@H](C)NC(=O)OC(C)(C)C. The summed E-state index contributed by atoms with van der Waals surface area (Å²) in [6.45, 7) is 9.73. The molecule has 0 aromatic heterocycles. The van der Waals surface area contributed by atoms with E-state index in [1.54, 1.807) is 6.92 Å². The topological polar surface area (TPSA) is 71.6 Å². The lowest BCUT2D eigenvalue weighted by molar-refractivity contribution is 0.0504. The molecule has 0 bridgehead atoms. The molecule has 0 saturated carbocycles. The van der Waals surface area contributed by atoms with E-state index in [1.165, 1.54) is 0 Å². The molecule has 1 aliphatic heterocycles. The molecule has 2 atom stereocenters. The molecular weight excluding hydrogens is 362 g/mol. The van der Waals surface area contributed by atoms with Crippen molar-refractivity contribution in [2.75, 3.05) is 11.9 Å². The summed E-state index contributed by atoms with van der Waals surface area (Å²) >= 11 is 5.44. The van der Waals surface area contributed by atoms with Gasteiger partial charge >= 0.3 is 6.09 Å². The van der Waals surface area contributed by atoms with Gasteiger partial charge in [0.05, 0.1) is 12.6 Å². The van der Waals surface area contributed by atoms with Crippen molar-refractivity contribution in [2.45, 2.75) is 58.7 Å². The first-order valence-electron chi connectivity index (χ1n) is 8.93. The zero-order valence-electron chi connectivity index (χ0n) is 16.4. The van der Waals surface area contributed by atoms with Crippen LogP contribution < -0.4 is 20.7 Å². The predicted molar refractivity (Wildman–Crippen MR) is 111 cm³/mol. The molecule has 0 fully saturated rings. The zero-order chi connectivity index (χ0) is 20.0. The molecule has 0 saturated heterocycles. The minimum absolute atomic E-state index is 0.308. The van der Waals surface area contributed by atoms with Crippen molar-refractivity contribution >= 4 is 29.1 Å². The van der Waals surface area contributed by atoms with E-state index in [0.29, 0.717) is 11.7 Å². The lowest BCUT2D eigenvalue weighted by atomic mass is 10.1. The van der Waals surface area contributed by atoms with Gasteiger partial charge in [0.15, 0.2) is 5.11 Å². The van der Waals surface area contributed by atoms with Crippen molar-refractivity contribution in [1.29, 1.82) is 0 Å². The Morgan fingerprint density at radius 3 is 2.74 bits per heavy atom. The summed E-state index contributed by atoms with van der Waals surface area (Å²) in [6.07, 6.45) is 0.354. The van der Waals surface area contributed by atoms with E-state index < -0.39 is 11.7 Å². The average molecular weight is 390 g/mol. The summed E-state index contributed by atoms with van der Waals surface area (Å²) in [5.74, 6) is 6.79. The van der Waals surface area contributed by atoms with Crippen molar-refractivity contribution < 1.29 is 14.3 Å². The first-order chi connectivity index (χ1) is 12.7. The summed E-state index contributed by atoms with van der Waals surface area (Å²) in [5, 5.41) is 9.60. The van der Waals surface area contributed by atoms with Gasteiger partial charge in [-0.05, 0) is 59.0 Å². The minimum Gasteiger partial charge on any atom is -0.493 e. The maximum Gasteiger partial charge on any atom is 0.407 e. The molecule has 1 aliphatic rings. The minimum atomic E-state index is -0.560. The van der Waals surface area contributed by atoms with Crippen LogP contribution in [-0.4, -0.2) is 35.5 Å². The molecule has 2 rings (SSSR count). The van der Waals surface area contributed by atoms with Crippen LogP contribution in [0.4, 0.5) is 10.5 Å². The lowest BCUT2D eigenvalue weighted by Crippen LogP contribution is -2.51. The van der Waals surface area contributed by atoms with Gasteiger partial charge in [-0.15, -0.1) is 5.92 Å². The molecule has 0 spiro atoms. The first-order valence-corrected chi connectivity index (χ1v) is 9.34. The van der Waals surface area contributed by atoms with Crippen LogP contribution in [0.5, 0.6) is 5.75 Å². The number of hydrogen-bond donors (Lipinski definition) is 3. The molecule has 6 nitrogen and oxygen atoms in total. The number of amides is 1. The van der Waals surface area contributed by atoms with Gasteiger partial charge in [0, 0.05) is 17.7 Å². The van der Waals surface area contributed by atoms with E-state index in [1.807, 2.05) is 45.9 Å². The van der Waals surface area contributed by atoms with Crippen molar-refractivity contribution in [2.24, 2.45) is 0 Å². The fourth-order valence-corrected chi connectivity index (χ4v) is 2.89. The molecule has 1 unspecified atom stereocenters. The number of rotatable bonds is 4. The van der Waals surface area contributed by atoms with Crippen LogP contribution in [0, 0.1) is 11.8 Å². The van der Waals surface area contributed by atoms with Gasteiger partial charge in [-0.1, -0.05) is 12.0 Å². The van der Waals surface area contributed by atoms with E-state index in [2.05, 4.69) is 27.8 Å². The summed E-state index contributed by atoms with van der Waals surface area (Å²) in [5.41, 5.74) is 1.47. The molecule has 1 aromatic carbocycles. The molecule has 27 heavy (non-hydrogen) atoms. The second-order valence-corrected chi connectivity index (χ2v) is 7.69. The van der Waals surface area contributed by atoms with Crippen LogP contribution in [0.1, 0.15) is 40.2 Å². The highest BCUT2D eigenvalue weighted by molar-refractivity contribution is 7.80. The Balaban J connectivity index is 1.98. The van der Waals surface area contributed by atoms with Crippen LogP contribution in [0.15, 0.2) is 18.2 Å². The molecule has 0 radical (unpaired) electrons. The third kappa shape index (κ3) is 6.33. The maximum atomic E-state index is 12.0. The number of anilines is 1. The fourth-order valence-electron chi connectivity index (χ4n) is 2.66. The van der Waals surface area contributed by atoms with Crippen LogP contribution in [0.2, 0.25) is 0 Å². The third-order valence-electron chi connectivity index (χ3n) is 3.82. The van der Waals surface area contributed by atoms with Gasteiger partial charge in [0.2, 0.25) is 0 Å². The van der Waals surface area contributed by atoms with Gasteiger partial charge in [0.1, 0.15) is 17.4 Å². The van der Waals surface area contributed by atoms with Gasteiger partial charge in [-0.25, -0.2) is 4.79 Å². The van der Waals surface area contributed by atoms with Crippen LogP contribution >= 0.6 is 12.2 Å². The van der Waals surface area contributed by atoms with E-state index in [-0.39, 0.29) is 12.1 Å². The number of hydrogen-bond acceptors (Lipinski definition) is 4. The maximum absolute atomic E-state index is 12.0.